The molecule has 1 fully saturated rings. The quantitative estimate of drug-likeness (QED) is 0.553. The van der Waals surface area contributed by atoms with Crippen LogP contribution < -0.4 is 15.8 Å². The fourth-order valence-corrected chi connectivity index (χ4v) is 5.24. The number of para-hydroxylation sites is 1. The summed E-state index contributed by atoms with van der Waals surface area (Å²) in [6.07, 6.45) is 6.32. The average Bonchev–Trinajstić information content (AvgIpc) is 3.58. The van der Waals surface area contributed by atoms with Gasteiger partial charge in [0.15, 0.2) is 5.96 Å². The molecule has 8 nitrogen and oxygen atoms in total. The van der Waals surface area contributed by atoms with E-state index in [2.05, 4.69) is 24.2 Å². The topological polar surface area (TPSA) is 106 Å². The van der Waals surface area contributed by atoms with Crippen molar-refractivity contribution in [3.8, 4) is 5.75 Å². The molecule has 5 unspecified atom stereocenters. The molecule has 0 spiro atoms. The molecule has 3 aliphatic rings. The summed E-state index contributed by atoms with van der Waals surface area (Å²) in [4.78, 5) is 32.6. The highest BCUT2D eigenvalue weighted by Crippen LogP contribution is 2.46. The van der Waals surface area contributed by atoms with Gasteiger partial charge in [0, 0.05) is 25.0 Å². The first-order valence-electron chi connectivity index (χ1n) is 12.5. The summed E-state index contributed by atoms with van der Waals surface area (Å²) >= 11 is 0. The van der Waals surface area contributed by atoms with Gasteiger partial charge in [0.05, 0.1) is 30.7 Å². The fraction of sp³-hybridized carbons (Fsp3) is 0.593. The Bertz CT molecular complexity index is 1040. The second-order valence-corrected chi connectivity index (χ2v) is 10.8. The number of rotatable bonds is 8. The Morgan fingerprint density at radius 1 is 1.37 bits per heavy atom. The van der Waals surface area contributed by atoms with E-state index in [0.29, 0.717) is 19.4 Å². The van der Waals surface area contributed by atoms with Crippen LogP contribution in [0.3, 0.4) is 0 Å². The third-order valence-electron chi connectivity index (χ3n) is 7.38. The van der Waals surface area contributed by atoms with Gasteiger partial charge < -0.3 is 20.5 Å². The average molecular weight is 483 g/mol. The Morgan fingerprint density at radius 3 is 2.80 bits per heavy atom. The largest absolute Gasteiger partial charge is 0.487 e. The molecule has 5 atom stereocenters. The molecular formula is C27H38N4O4. The molecular weight excluding hydrogens is 444 g/mol. The lowest BCUT2D eigenvalue weighted by Crippen LogP contribution is -2.54. The van der Waals surface area contributed by atoms with Crippen LogP contribution in [-0.4, -0.2) is 53.6 Å². The van der Waals surface area contributed by atoms with Crippen LogP contribution in [-0.2, 0) is 14.3 Å². The standard InChI is InChI=1S/C27H38N4O4/c1-6-27(4)15-20(17-10-7-8-12-22(17)35-27)29-24(33)19-14-18(19)21(11-9-13-34-5)31-23(32)16-26(2,3)30-25(31)28/h7-12,18-21H,6,13-16H2,1-5H3,(H2,28,30)(H,29,33)/b11-9+. The molecule has 2 amide bonds. The fourth-order valence-electron chi connectivity index (χ4n) is 5.24. The van der Waals surface area contributed by atoms with Gasteiger partial charge in [-0.25, -0.2) is 4.99 Å². The number of carbonyl (C=O) groups excluding carboxylic acids is 2. The molecule has 190 valence electrons. The van der Waals surface area contributed by atoms with E-state index in [1.807, 2.05) is 50.3 Å². The molecule has 0 saturated heterocycles. The smallest absolute Gasteiger partial charge is 0.232 e. The number of ether oxygens (including phenoxy) is 2. The number of guanidine groups is 1. The Hall–Kier alpha value is -2.87. The first kappa shape index (κ1) is 25.2. The molecule has 8 heteroatoms. The minimum atomic E-state index is -0.527. The van der Waals surface area contributed by atoms with Crippen molar-refractivity contribution >= 4 is 17.8 Å². The molecule has 35 heavy (non-hydrogen) atoms. The highest BCUT2D eigenvalue weighted by Gasteiger charge is 2.52. The first-order chi connectivity index (χ1) is 16.6. The van der Waals surface area contributed by atoms with Gasteiger partial charge in [0.1, 0.15) is 11.4 Å². The van der Waals surface area contributed by atoms with Gasteiger partial charge in [-0.05, 0) is 45.6 Å². The van der Waals surface area contributed by atoms with E-state index in [0.717, 1.165) is 17.7 Å². The maximum atomic E-state index is 13.4. The van der Waals surface area contributed by atoms with Crippen molar-refractivity contribution in [1.29, 1.82) is 0 Å². The van der Waals surface area contributed by atoms with Crippen molar-refractivity contribution in [2.24, 2.45) is 22.6 Å². The summed E-state index contributed by atoms with van der Waals surface area (Å²) in [5.74, 6) is 0.728. The van der Waals surface area contributed by atoms with Crippen molar-refractivity contribution < 1.29 is 19.1 Å². The molecule has 3 N–H and O–H groups in total. The SMILES string of the molecule is CCC1(C)CC(NC(=O)C2CC2C(/C=C/COC)N2C(=O)CC(C)(C)N=C2N)c2ccccc2O1. The van der Waals surface area contributed by atoms with Crippen LogP contribution in [0.1, 0.15) is 65.0 Å². The van der Waals surface area contributed by atoms with Gasteiger partial charge in [-0.3, -0.25) is 14.5 Å². The number of nitrogens with zero attached hydrogens (tertiary/aromatic N) is 2. The molecule has 1 saturated carbocycles. The number of hydrogen-bond acceptors (Lipinski definition) is 6. The minimum absolute atomic E-state index is 0.000552. The number of carbonyl (C=O) groups is 2. The van der Waals surface area contributed by atoms with E-state index >= 15 is 0 Å². The summed E-state index contributed by atoms with van der Waals surface area (Å²) in [6, 6.07) is 7.44. The normalized spacial score (nSPS) is 30.3. The van der Waals surface area contributed by atoms with Gasteiger partial charge in [0.25, 0.3) is 0 Å². The lowest BCUT2D eigenvalue weighted by molar-refractivity contribution is -0.131. The number of benzene rings is 1. The van der Waals surface area contributed by atoms with Crippen molar-refractivity contribution in [2.45, 2.75) is 76.6 Å². The summed E-state index contributed by atoms with van der Waals surface area (Å²) in [5.41, 5.74) is 6.40. The van der Waals surface area contributed by atoms with Crippen molar-refractivity contribution in [2.75, 3.05) is 13.7 Å². The molecule has 0 radical (unpaired) electrons. The van der Waals surface area contributed by atoms with Crippen LogP contribution in [0.4, 0.5) is 0 Å². The number of fused-ring (bicyclic) bond motifs is 1. The van der Waals surface area contributed by atoms with Crippen LogP contribution in [0.5, 0.6) is 5.75 Å². The molecule has 1 aromatic rings. The van der Waals surface area contributed by atoms with Crippen molar-refractivity contribution in [3.05, 3.63) is 42.0 Å². The second kappa shape index (κ2) is 9.64. The Kier molecular flexibility index (Phi) is 6.95. The molecule has 4 rings (SSSR count). The van der Waals surface area contributed by atoms with Gasteiger partial charge in [0.2, 0.25) is 11.8 Å². The van der Waals surface area contributed by atoms with E-state index in [1.165, 1.54) is 0 Å². The lowest BCUT2D eigenvalue weighted by atomic mass is 9.86. The zero-order chi connectivity index (χ0) is 25.4. The van der Waals surface area contributed by atoms with Crippen LogP contribution >= 0.6 is 0 Å². The van der Waals surface area contributed by atoms with Gasteiger partial charge in [-0.1, -0.05) is 37.3 Å². The summed E-state index contributed by atoms with van der Waals surface area (Å²) < 4.78 is 11.4. The van der Waals surface area contributed by atoms with E-state index in [1.54, 1.807) is 12.0 Å². The minimum Gasteiger partial charge on any atom is -0.487 e. The number of aliphatic imine (C=N–C) groups is 1. The summed E-state index contributed by atoms with van der Waals surface area (Å²) in [7, 11) is 1.62. The van der Waals surface area contributed by atoms with Gasteiger partial charge in [-0.2, -0.15) is 0 Å². The lowest BCUT2D eigenvalue weighted by Gasteiger charge is -2.40. The van der Waals surface area contributed by atoms with Gasteiger partial charge >= 0.3 is 0 Å². The van der Waals surface area contributed by atoms with Crippen LogP contribution in [0.25, 0.3) is 0 Å². The summed E-state index contributed by atoms with van der Waals surface area (Å²) in [5, 5.41) is 3.28. The monoisotopic (exact) mass is 482 g/mol. The molecule has 0 aromatic heterocycles. The van der Waals surface area contributed by atoms with Crippen molar-refractivity contribution in [3.63, 3.8) is 0 Å². The van der Waals surface area contributed by atoms with Crippen LogP contribution in [0.15, 0.2) is 41.4 Å². The van der Waals surface area contributed by atoms with E-state index < -0.39 is 5.54 Å². The number of methoxy groups -OCH3 is 1. The predicted molar refractivity (Wildman–Crippen MR) is 135 cm³/mol. The molecule has 2 aliphatic heterocycles. The molecule has 1 aromatic carbocycles. The van der Waals surface area contributed by atoms with Crippen LogP contribution in [0.2, 0.25) is 0 Å². The molecule has 1 aliphatic carbocycles. The van der Waals surface area contributed by atoms with E-state index in [9.17, 15) is 9.59 Å². The Labute approximate surface area is 207 Å². The zero-order valence-corrected chi connectivity index (χ0v) is 21.4. The number of nitrogens with two attached hydrogens (primary N) is 1. The molecule has 2 heterocycles. The number of amides is 2. The maximum absolute atomic E-state index is 13.4. The highest BCUT2D eigenvalue weighted by molar-refractivity contribution is 5.99. The Balaban J connectivity index is 1.52. The second-order valence-electron chi connectivity index (χ2n) is 10.8. The van der Waals surface area contributed by atoms with E-state index in [-0.39, 0.29) is 53.7 Å². The van der Waals surface area contributed by atoms with Crippen LogP contribution in [0, 0.1) is 11.8 Å². The van der Waals surface area contributed by atoms with Crippen molar-refractivity contribution in [1.82, 2.24) is 10.2 Å². The third-order valence-corrected chi connectivity index (χ3v) is 7.38. The van der Waals surface area contributed by atoms with Gasteiger partial charge in [-0.15, -0.1) is 0 Å². The maximum Gasteiger partial charge on any atom is 0.232 e. The number of hydrogen-bond donors (Lipinski definition) is 2. The predicted octanol–water partition coefficient (Wildman–Crippen LogP) is 3.33. The molecule has 0 bridgehead atoms. The number of nitrogens with one attached hydrogen (secondary N) is 1. The zero-order valence-electron chi connectivity index (χ0n) is 21.4. The Morgan fingerprint density at radius 2 is 2.11 bits per heavy atom. The van der Waals surface area contributed by atoms with E-state index in [4.69, 9.17) is 15.2 Å². The summed E-state index contributed by atoms with van der Waals surface area (Å²) in [6.45, 7) is 8.40. The third kappa shape index (κ3) is 5.37. The first-order valence-corrected chi connectivity index (χ1v) is 12.5. The highest BCUT2D eigenvalue weighted by atomic mass is 16.5.